The van der Waals surface area contributed by atoms with E-state index in [0.717, 1.165) is 24.5 Å². The molecule has 0 aromatic rings. The second kappa shape index (κ2) is 9.84. The van der Waals surface area contributed by atoms with E-state index >= 15 is 0 Å². The summed E-state index contributed by atoms with van der Waals surface area (Å²) in [6, 6.07) is 0.749. The van der Waals surface area contributed by atoms with Gasteiger partial charge in [0.1, 0.15) is 0 Å². The van der Waals surface area contributed by atoms with Crippen molar-refractivity contribution in [1.82, 2.24) is 5.32 Å². The van der Waals surface area contributed by atoms with Crippen LogP contribution >= 0.6 is 0 Å². The van der Waals surface area contributed by atoms with Gasteiger partial charge >= 0.3 is 0 Å². The monoisotopic (exact) mass is 295 g/mol. The predicted molar refractivity (Wildman–Crippen MR) is 90.6 cm³/mol. The fourth-order valence-electron chi connectivity index (χ4n) is 4.43. The Kier molecular flexibility index (Phi) is 8.10. The summed E-state index contributed by atoms with van der Waals surface area (Å²) in [5, 5.41) is 3.61. The summed E-state index contributed by atoms with van der Waals surface area (Å²) in [4.78, 5) is 0. The molecule has 0 bridgehead atoms. The lowest BCUT2D eigenvalue weighted by Gasteiger charge is -2.34. The van der Waals surface area contributed by atoms with Crippen molar-refractivity contribution in [2.24, 2.45) is 11.8 Å². The molecule has 2 fully saturated rings. The summed E-state index contributed by atoms with van der Waals surface area (Å²) >= 11 is 0. The fraction of sp³-hybridized carbons (Fsp3) is 1.00. The van der Waals surface area contributed by atoms with Gasteiger partial charge in [-0.1, -0.05) is 39.0 Å². The van der Waals surface area contributed by atoms with Crippen LogP contribution in [0.15, 0.2) is 0 Å². The Balaban J connectivity index is 1.62. The molecule has 1 saturated carbocycles. The van der Waals surface area contributed by atoms with Crippen LogP contribution in [0.5, 0.6) is 0 Å². The number of nitrogens with one attached hydrogen (secondary N) is 1. The zero-order valence-electron chi connectivity index (χ0n) is 14.4. The minimum atomic E-state index is 0.576. The molecule has 0 aromatic heterocycles. The van der Waals surface area contributed by atoms with Crippen LogP contribution in [-0.2, 0) is 4.74 Å². The first-order chi connectivity index (χ1) is 10.3. The Morgan fingerprint density at radius 1 is 1.05 bits per heavy atom. The van der Waals surface area contributed by atoms with E-state index < -0.39 is 0 Å². The molecule has 2 aliphatic rings. The van der Waals surface area contributed by atoms with Gasteiger partial charge in [0.05, 0.1) is 6.10 Å². The van der Waals surface area contributed by atoms with Gasteiger partial charge < -0.3 is 10.1 Å². The van der Waals surface area contributed by atoms with Crippen LogP contribution in [0.25, 0.3) is 0 Å². The van der Waals surface area contributed by atoms with E-state index in [1.165, 1.54) is 77.0 Å². The minimum Gasteiger partial charge on any atom is -0.378 e. The third kappa shape index (κ3) is 5.90. The highest BCUT2D eigenvalue weighted by atomic mass is 16.5. The first kappa shape index (κ1) is 17.3. The Morgan fingerprint density at radius 3 is 2.48 bits per heavy atom. The maximum Gasteiger partial charge on any atom is 0.0576 e. The molecule has 1 aliphatic carbocycles. The molecule has 1 N–H and O–H groups in total. The van der Waals surface area contributed by atoms with Crippen molar-refractivity contribution in [3.05, 3.63) is 0 Å². The van der Waals surface area contributed by atoms with E-state index in [9.17, 15) is 0 Å². The molecule has 124 valence electrons. The minimum absolute atomic E-state index is 0.576. The Morgan fingerprint density at radius 2 is 1.86 bits per heavy atom. The first-order valence-corrected chi connectivity index (χ1v) is 9.62. The van der Waals surface area contributed by atoms with Crippen LogP contribution in [0.3, 0.4) is 0 Å². The molecule has 0 radical (unpaired) electrons. The van der Waals surface area contributed by atoms with Gasteiger partial charge in [0, 0.05) is 12.6 Å². The number of hydrogen-bond donors (Lipinski definition) is 1. The largest absolute Gasteiger partial charge is 0.378 e. The molecule has 0 spiro atoms. The van der Waals surface area contributed by atoms with Gasteiger partial charge in [-0.2, -0.15) is 0 Å². The molecule has 2 nitrogen and oxygen atoms in total. The molecule has 2 heteroatoms. The van der Waals surface area contributed by atoms with E-state index in [1.54, 1.807) is 0 Å². The Labute approximate surface area is 132 Å². The first-order valence-electron chi connectivity index (χ1n) is 9.62. The Bertz CT molecular complexity index is 254. The molecule has 1 heterocycles. The summed E-state index contributed by atoms with van der Waals surface area (Å²) in [5.74, 6) is 1.96. The van der Waals surface area contributed by atoms with Crippen LogP contribution in [-0.4, -0.2) is 25.8 Å². The summed E-state index contributed by atoms with van der Waals surface area (Å²) in [6.45, 7) is 3.32. The van der Waals surface area contributed by atoms with Crippen LogP contribution in [0.1, 0.15) is 84.0 Å². The normalized spacial score (nSPS) is 31.4. The predicted octanol–water partition coefficient (Wildman–Crippen LogP) is 4.92. The third-order valence-corrected chi connectivity index (χ3v) is 5.86. The SMILES string of the molecule is CCCCC1CCC(C(CCCC2CCCO2)NC)CC1. The van der Waals surface area contributed by atoms with E-state index in [2.05, 4.69) is 19.3 Å². The zero-order chi connectivity index (χ0) is 14.9. The number of rotatable bonds is 9. The van der Waals surface area contributed by atoms with Gasteiger partial charge in [-0.3, -0.25) is 0 Å². The third-order valence-electron chi connectivity index (χ3n) is 5.86. The molecular formula is C19H37NO. The standard InChI is InChI=1S/C19H37NO/c1-3-4-7-16-11-13-17(14-12-16)19(20-2)10-5-8-18-9-6-15-21-18/h16-20H,3-15H2,1-2H3. The van der Waals surface area contributed by atoms with Gasteiger partial charge in [0.2, 0.25) is 0 Å². The zero-order valence-corrected chi connectivity index (χ0v) is 14.4. The second-order valence-electron chi connectivity index (χ2n) is 7.38. The van der Waals surface area contributed by atoms with E-state index in [-0.39, 0.29) is 0 Å². The molecule has 0 aromatic carbocycles. The smallest absolute Gasteiger partial charge is 0.0576 e. The van der Waals surface area contributed by atoms with Crippen molar-refractivity contribution < 1.29 is 4.74 Å². The molecule has 2 unspecified atom stereocenters. The van der Waals surface area contributed by atoms with Gasteiger partial charge in [-0.15, -0.1) is 0 Å². The molecule has 0 amide bonds. The highest BCUT2D eigenvalue weighted by Crippen LogP contribution is 2.34. The molecule has 1 aliphatic heterocycles. The Hall–Kier alpha value is -0.0800. The van der Waals surface area contributed by atoms with Gasteiger partial charge in [0.25, 0.3) is 0 Å². The van der Waals surface area contributed by atoms with Crippen molar-refractivity contribution in [2.75, 3.05) is 13.7 Å². The van der Waals surface area contributed by atoms with Crippen molar-refractivity contribution in [3.63, 3.8) is 0 Å². The van der Waals surface area contributed by atoms with Gasteiger partial charge in [-0.25, -0.2) is 0 Å². The summed E-state index contributed by atoms with van der Waals surface area (Å²) in [7, 11) is 2.17. The van der Waals surface area contributed by atoms with Crippen molar-refractivity contribution in [3.8, 4) is 0 Å². The number of unbranched alkanes of at least 4 members (excludes halogenated alkanes) is 1. The lowest BCUT2D eigenvalue weighted by Crippen LogP contribution is -2.36. The van der Waals surface area contributed by atoms with Crippen molar-refractivity contribution in [1.29, 1.82) is 0 Å². The maximum absolute atomic E-state index is 5.75. The number of ether oxygens (including phenoxy) is 1. The van der Waals surface area contributed by atoms with Gasteiger partial charge in [0.15, 0.2) is 0 Å². The van der Waals surface area contributed by atoms with E-state index in [1.807, 2.05) is 0 Å². The van der Waals surface area contributed by atoms with Crippen molar-refractivity contribution in [2.45, 2.75) is 96.1 Å². The summed E-state index contributed by atoms with van der Waals surface area (Å²) in [5.41, 5.74) is 0. The summed E-state index contributed by atoms with van der Waals surface area (Å²) < 4.78 is 5.75. The van der Waals surface area contributed by atoms with Crippen LogP contribution in [0.4, 0.5) is 0 Å². The lowest BCUT2D eigenvalue weighted by atomic mass is 9.76. The quantitative estimate of drug-likeness (QED) is 0.652. The molecule has 1 saturated heterocycles. The van der Waals surface area contributed by atoms with Crippen molar-refractivity contribution >= 4 is 0 Å². The topological polar surface area (TPSA) is 21.3 Å². The van der Waals surface area contributed by atoms with Crippen LogP contribution in [0, 0.1) is 11.8 Å². The van der Waals surface area contributed by atoms with E-state index in [0.29, 0.717) is 6.10 Å². The molecule has 21 heavy (non-hydrogen) atoms. The van der Waals surface area contributed by atoms with Crippen LogP contribution < -0.4 is 5.32 Å². The maximum atomic E-state index is 5.75. The van der Waals surface area contributed by atoms with Gasteiger partial charge in [-0.05, 0) is 63.8 Å². The second-order valence-corrected chi connectivity index (χ2v) is 7.38. The molecule has 2 rings (SSSR count). The average Bonchev–Trinajstić information content (AvgIpc) is 3.03. The molecule has 2 atom stereocenters. The lowest BCUT2D eigenvalue weighted by molar-refractivity contribution is 0.0996. The average molecular weight is 296 g/mol. The molecular weight excluding hydrogens is 258 g/mol. The summed E-state index contributed by atoms with van der Waals surface area (Å²) in [6.07, 6.45) is 17.3. The van der Waals surface area contributed by atoms with Crippen LogP contribution in [0.2, 0.25) is 0 Å². The highest BCUT2D eigenvalue weighted by Gasteiger charge is 2.26. The highest BCUT2D eigenvalue weighted by molar-refractivity contribution is 4.81. The number of hydrogen-bond acceptors (Lipinski definition) is 2. The fourth-order valence-corrected chi connectivity index (χ4v) is 4.43. The van der Waals surface area contributed by atoms with E-state index in [4.69, 9.17) is 4.74 Å².